The van der Waals surface area contributed by atoms with Crippen LogP contribution in [0.3, 0.4) is 0 Å². The molecule has 0 amide bonds. The van der Waals surface area contributed by atoms with Crippen LogP contribution in [0.4, 0.5) is 13.2 Å². The van der Waals surface area contributed by atoms with Crippen LogP contribution < -0.4 is 0 Å². The molecule has 1 heterocycles. The number of benzene rings is 1. The van der Waals surface area contributed by atoms with E-state index in [1.54, 1.807) is 13.1 Å². The van der Waals surface area contributed by atoms with Gasteiger partial charge in [-0.3, -0.25) is 0 Å². The summed E-state index contributed by atoms with van der Waals surface area (Å²) in [7, 11) is 0. The van der Waals surface area contributed by atoms with Crippen LogP contribution >= 0.6 is 0 Å². The second-order valence-electron chi connectivity index (χ2n) is 4.17. The molecule has 6 heteroatoms. The molecule has 100 valence electrons. The third kappa shape index (κ3) is 2.83. The molecule has 0 spiro atoms. The van der Waals surface area contributed by atoms with E-state index in [4.69, 9.17) is 0 Å². The van der Waals surface area contributed by atoms with Crippen molar-refractivity contribution in [3.8, 4) is 0 Å². The third-order valence-electron chi connectivity index (χ3n) is 2.74. The molecular formula is C13H11F3N2O. The maximum absolute atomic E-state index is 12.6. The van der Waals surface area contributed by atoms with Gasteiger partial charge in [-0.25, -0.2) is 4.98 Å². The summed E-state index contributed by atoms with van der Waals surface area (Å²) < 4.78 is 39.4. The van der Waals surface area contributed by atoms with Crippen LogP contribution in [0.1, 0.15) is 22.9 Å². The summed E-state index contributed by atoms with van der Waals surface area (Å²) in [6.07, 6.45) is -0.793. The lowest BCUT2D eigenvalue weighted by Gasteiger charge is -2.14. The van der Waals surface area contributed by atoms with Gasteiger partial charge in [0.2, 0.25) is 0 Å². The molecule has 0 aliphatic heterocycles. The van der Waals surface area contributed by atoms with Crippen LogP contribution in [0.15, 0.2) is 36.8 Å². The Morgan fingerprint density at radius 2 is 2.11 bits per heavy atom. The Morgan fingerprint density at radius 3 is 2.63 bits per heavy atom. The maximum atomic E-state index is 12.6. The number of carbonyl (C=O) groups excluding carboxylic acids is 1. The molecular weight excluding hydrogens is 257 g/mol. The smallest absolute Gasteiger partial charge is 0.323 e. The second kappa shape index (κ2) is 4.87. The zero-order chi connectivity index (χ0) is 14.0. The highest BCUT2D eigenvalue weighted by Crippen LogP contribution is 2.31. The summed E-state index contributed by atoms with van der Waals surface area (Å²) >= 11 is 0. The Hall–Kier alpha value is -2.11. The SMILES string of the molecule is Cc1cn(C(C=O)c2cccc(C(F)(F)F)c2)cn1. The van der Waals surface area contributed by atoms with E-state index in [9.17, 15) is 18.0 Å². The van der Waals surface area contributed by atoms with Crippen molar-refractivity contribution in [3.63, 3.8) is 0 Å². The van der Waals surface area contributed by atoms with Crippen molar-refractivity contribution in [1.29, 1.82) is 0 Å². The Bertz CT molecular complexity index is 590. The molecule has 0 saturated heterocycles. The van der Waals surface area contributed by atoms with Crippen molar-refractivity contribution in [2.75, 3.05) is 0 Å². The average molecular weight is 268 g/mol. The highest BCUT2D eigenvalue weighted by molar-refractivity contribution is 5.62. The first kappa shape index (κ1) is 13.3. The summed E-state index contributed by atoms with van der Waals surface area (Å²) in [4.78, 5) is 15.1. The van der Waals surface area contributed by atoms with Crippen LogP contribution in [0.25, 0.3) is 0 Å². The number of imidazole rings is 1. The van der Waals surface area contributed by atoms with E-state index in [1.165, 1.54) is 23.0 Å². The molecule has 1 unspecified atom stereocenters. The van der Waals surface area contributed by atoms with E-state index < -0.39 is 17.8 Å². The highest BCUT2D eigenvalue weighted by Gasteiger charge is 2.31. The van der Waals surface area contributed by atoms with Crippen LogP contribution in [0.2, 0.25) is 0 Å². The van der Waals surface area contributed by atoms with E-state index in [1.807, 2.05) is 0 Å². The standard InChI is InChI=1S/C13H11F3N2O/c1-9-6-18(8-17-9)12(7-19)10-3-2-4-11(5-10)13(14,15)16/h2-8,12H,1H3. The van der Waals surface area contributed by atoms with Gasteiger partial charge in [0.05, 0.1) is 17.6 Å². The Balaban J connectivity index is 2.42. The molecule has 1 atom stereocenters. The van der Waals surface area contributed by atoms with E-state index in [2.05, 4.69) is 4.98 Å². The van der Waals surface area contributed by atoms with Crippen LogP contribution in [0, 0.1) is 6.92 Å². The second-order valence-corrected chi connectivity index (χ2v) is 4.17. The zero-order valence-electron chi connectivity index (χ0n) is 10.1. The van der Waals surface area contributed by atoms with Gasteiger partial charge >= 0.3 is 6.18 Å². The number of halogens is 3. The summed E-state index contributed by atoms with van der Waals surface area (Å²) in [5.74, 6) is 0. The van der Waals surface area contributed by atoms with Gasteiger partial charge in [-0.15, -0.1) is 0 Å². The first-order valence-corrected chi connectivity index (χ1v) is 5.54. The number of aromatic nitrogens is 2. The van der Waals surface area contributed by atoms with E-state index >= 15 is 0 Å². The number of aldehydes is 1. The van der Waals surface area contributed by atoms with Crippen molar-refractivity contribution < 1.29 is 18.0 Å². The molecule has 0 aliphatic rings. The topological polar surface area (TPSA) is 34.9 Å². The van der Waals surface area contributed by atoms with Crippen molar-refractivity contribution >= 4 is 6.29 Å². The van der Waals surface area contributed by atoms with Gasteiger partial charge in [0.15, 0.2) is 0 Å². The fourth-order valence-electron chi connectivity index (χ4n) is 1.81. The van der Waals surface area contributed by atoms with Gasteiger partial charge in [-0.05, 0) is 24.6 Å². The number of carbonyl (C=O) groups is 1. The van der Waals surface area contributed by atoms with E-state index in [-0.39, 0.29) is 5.56 Å². The predicted octanol–water partition coefficient (Wildman–Crippen LogP) is 3.00. The molecule has 0 fully saturated rings. The van der Waals surface area contributed by atoms with Crippen molar-refractivity contribution in [2.24, 2.45) is 0 Å². The number of alkyl halides is 3. The van der Waals surface area contributed by atoms with Gasteiger partial charge in [-0.2, -0.15) is 13.2 Å². The number of hydrogen-bond donors (Lipinski definition) is 0. The molecule has 2 aromatic rings. The van der Waals surface area contributed by atoms with E-state index in [0.717, 1.165) is 12.1 Å². The Labute approximate surface area is 107 Å². The van der Waals surface area contributed by atoms with Crippen molar-refractivity contribution in [2.45, 2.75) is 19.1 Å². The molecule has 3 nitrogen and oxygen atoms in total. The van der Waals surface area contributed by atoms with Gasteiger partial charge in [-0.1, -0.05) is 12.1 Å². The fourth-order valence-corrected chi connectivity index (χ4v) is 1.81. The van der Waals surface area contributed by atoms with Gasteiger partial charge in [0.1, 0.15) is 12.3 Å². The molecule has 2 rings (SSSR count). The normalized spacial score (nSPS) is 13.3. The van der Waals surface area contributed by atoms with Crippen LogP contribution in [0.5, 0.6) is 0 Å². The predicted molar refractivity (Wildman–Crippen MR) is 62.6 cm³/mol. The van der Waals surface area contributed by atoms with Gasteiger partial charge in [0, 0.05) is 6.20 Å². The Morgan fingerprint density at radius 1 is 1.37 bits per heavy atom. The summed E-state index contributed by atoms with van der Waals surface area (Å²) in [6, 6.07) is 3.93. The van der Waals surface area contributed by atoms with E-state index in [0.29, 0.717) is 12.0 Å². The first-order valence-electron chi connectivity index (χ1n) is 5.54. The molecule has 1 aromatic heterocycles. The molecule has 0 N–H and O–H groups in total. The lowest BCUT2D eigenvalue weighted by atomic mass is 10.0. The number of aryl methyl sites for hydroxylation is 1. The molecule has 0 saturated carbocycles. The average Bonchev–Trinajstić information content (AvgIpc) is 2.76. The fraction of sp³-hybridized carbons (Fsp3) is 0.231. The Kier molecular flexibility index (Phi) is 3.42. The monoisotopic (exact) mass is 268 g/mol. The lowest BCUT2D eigenvalue weighted by molar-refractivity contribution is -0.137. The zero-order valence-corrected chi connectivity index (χ0v) is 10.1. The van der Waals surface area contributed by atoms with Gasteiger partial charge in [0.25, 0.3) is 0 Å². The van der Waals surface area contributed by atoms with Crippen molar-refractivity contribution in [3.05, 3.63) is 53.6 Å². The maximum Gasteiger partial charge on any atom is 0.416 e. The summed E-state index contributed by atoms with van der Waals surface area (Å²) in [6.45, 7) is 1.74. The minimum atomic E-state index is -4.42. The minimum Gasteiger partial charge on any atom is -0.323 e. The molecule has 0 bridgehead atoms. The van der Waals surface area contributed by atoms with Gasteiger partial charge < -0.3 is 9.36 Å². The number of nitrogens with zero attached hydrogens (tertiary/aromatic N) is 2. The molecule has 0 radical (unpaired) electrons. The summed E-state index contributed by atoms with van der Waals surface area (Å²) in [5, 5.41) is 0. The quantitative estimate of drug-likeness (QED) is 0.802. The molecule has 19 heavy (non-hydrogen) atoms. The third-order valence-corrected chi connectivity index (χ3v) is 2.74. The highest BCUT2D eigenvalue weighted by atomic mass is 19.4. The minimum absolute atomic E-state index is 0.280. The lowest BCUT2D eigenvalue weighted by Crippen LogP contribution is -2.12. The van der Waals surface area contributed by atoms with Crippen LogP contribution in [-0.2, 0) is 11.0 Å². The van der Waals surface area contributed by atoms with Crippen molar-refractivity contribution in [1.82, 2.24) is 9.55 Å². The first-order chi connectivity index (χ1) is 8.91. The summed E-state index contributed by atoms with van der Waals surface area (Å²) in [5.41, 5.74) is 0.203. The number of rotatable bonds is 3. The number of hydrogen-bond acceptors (Lipinski definition) is 2. The molecule has 0 aliphatic carbocycles. The molecule has 1 aromatic carbocycles. The largest absolute Gasteiger partial charge is 0.416 e. The van der Waals surface area contributed by atoms with Crippen LogP contribution in [-0.4, -0.2) is 15.8 Å².